The number of halogens is 1. The Morgan fingerprint density at radius 1 is 1.32 bits per heavy atom. The molecule has 0 spiro atoms. The zero-order chi connectivity index (χ0) is 15.8. The van der Waals surface area contributed by atoms with Crippen molar-refractivity contribution in [2.45, 2.75) is 38.7 Å². The number of H-pyrrole nitrogens is 1. The molecule has 1 atom stereocenters. The van der Waals surface area contributed by atoms with Crippen molar-refractivity contribution in [2.24, 2.45) is 5.41 Å². The second-order valence-electron chi connectivity index (χ2n) is 6.68. The highest BCUT2D eigenvalue weighted by Gasteiger charge is 2.51. The molecule has 4 heteroatoms. The summed E-state index contributed by atoms with van der Waals surface area (Å²) in [7, 11) is 0. The fraction of sp³-hybridized carbons (Fsp3) is 0.389. The van der Waals surface area contributed by atoms with E-state index in [2.05, 4.69) is 29.9 Å². The first-order valence-electron chi connectivity index (χ1n) is 7.58. The molecular formula is C18H21ClN2O. The fourth-order valence-electron chi connectivity index (χ4n) is 3.24. The number of nitrogens with one attached hydrogen (secondary N) is 1. The number of aromatic nitrogens is 2. The Labute approximate surface area is 136 Å². The monoisotopic (exact) mass is 316 g/mol. The molecule has 1 fully saturated rings. The van der Waals surface area contributed by atoms with E-state index in [0.717, 1.165) is 34.8 Å². The summed E-state index contributed by atoms with van der Waals surface area (Å²) in [5.41, 5.74) is 1.06. The van der Waals surface area contributed by atoms with Crippen LogP contribution >= 0.6 is 11.6 Å². The van der Waals surface area contributed by atoms with E-state index in [1.165, 1.54) is 0 Å². The van der Waals surface area contributed by atoms with Crippen LogP contribution in [0.4, 0.5) is 0 Å². The topological polar surface area (TPSA) is 48.9 Å². The fourth-order valence-corrected chi connectivity index (χ4v) is 3.36. The number of imidazole rings is 1. The summed E-state index contributed by atoms with van der Waals surface area (Å²) in [4.78, 5) is 7.39. The SMILES string of the molecule is CC1(C)CC/C(=C/c2ccc(Cl)cc2)C1(O)Cc1ncc[nH]1. The van der Waals surface area contributed by atoms with Crippen molar-refractivity contribution in [1.29, 1.82) is 0 Å². The van der Waals surface area contributed by atoms with Crippen LogP contribution in [0, 0.1) is 5.41 Å². The second-order valence-corrected chi connectivity index (χ2v) is 7.11. The molecule has 1 unspecified atom stereocenters. The van der Waals surface area contributed by atoms with E-state index >= 15 is 0 Å². The third-order valence-electron chi connectivity index (χ3n) is 4.86. The van der Waals surface area contributed by atoms with Crippen LogP contribution < -0.4 is 0 Å². The normalized spacial score (nSPS) is 25.7. The van der Waals surface area contributed by atoms with E-state index in [-0.39, 0.29) is 5.41 Å². The number of rotatable bonds is 3. The summed E-state index contributed by atoms with van der Waals surface area (Å²) in [5.74, 6) is 0.819. The van der Waals surface area contributed by atoms with Gasteiger partial charge in [0.15, 0.2) is 0 Å². The van der Waals surface area contributed by atoms with Crippen LogP contribution in [-0.4, -0.2) is 20.7 Å². The lowest BCUT2D eigenvalue weighted by molar-refractivity contribution is -0.0139. The maximum Gasteiger partial charge on any atom is 0.109 e. The van der Waals surface area contributed by atoms with Crippen LogP contribution in [0.3, 0.4) is 0 Å². The predicted octanol–water partition coefficient (Wildman–Crippen LogP) is 4.24. The highest BCUT2D eigenvalue weighted by molar-refractivity contribution is 6.30. The molecule has 1 aromatic carbocycles. The number of nitrogens with zero attached hydrogens (tertiary/aromatic N) is 1. The zero-order valence-corrected chi connectivity index (χ0v) is 13.7. The van der Waals surface area contributed by atoms with Crippen LogP contribution in [0.1, 0.15) is 38.1 Å². The maximum atomic E-state index is 11.4. The van der Waals surface area contributed by atoms with Crippen LogP contribution in [0.5, 0.6) is 0 Å². The van der Waals surface area contributed by atoms with Gasteiger partial charge in [-0.1, -0.05) is 43.7 Å². The molecule has 1 aromatic heterocycles. The van der Waals surface area contributed by atoms with Gasteiger partial charge in [0.2, 0.25) is 0 Å². The van der Waals surface area contributed by atoms with Gasteiger partial charge in [-0.15, -0.1) is 0 Å². The Balaban J connectivity index is 1.97. The Bertz CT molecular complexity index is 674. The molecule has 1 heterocycles. The minimum absolute atomic E-state index is 0.182. The third-order valence-corrected chi connectivity index (χ3v) is 5.11. The number of hydrogen-bond acceptors (Lipinski definition) is 2. The van der Waals surface area contributed by atoms with Crippen molar-refractivity contribution < 1.29 is 5.11 Å². The molecule has 3 rings (SSSR count). The Kier molecular flexibility index (Phi) is 3.87. The summed E-state index contributed by atoms with van der Waals surface area (Å²) in [5, 5.41) is 12.1. The number of benzene rings is 1. The zero-order valence-electron chi connectivity index (χ0n) is 12.9. The lowest BCUT2D eigenvalue weighted by atomic mass is 9.74. The lowest BCUT2D eigenvalue weighted by Crippen LogP contribution is -2.43. The predicted molar refractivity (Wildman–Crippen MR) is 89.7 cm³/mol. The highest BCUT2D eigenvalue weighted by atomic mass is 35.5. The largest absolute Gasteiger partial charge is 0.384 e. The van der Waals surface area contributed by atoms with E-state index < -0.39 is 5.60 Å². The minimum Gasteiger partial charge on any atom is -0.384 e. The molecule has 2 N–H and O–H groups in total. The molecule has 22 heavy (non-hydrogen) atoms. The molecule has 116 valence electrons. The maximum absolute atomic E-state index is 11.4. The molecule has 0 saturated heterocycles. The molecular weight excluding hydrogens is 296 g/mol. The van der Waals surface area contributed by atoms with Gasteiger partial charge in [0.25, 0.3) is 0 Å². The van der Waals surface area contributed by atoms with Crippen molar-refractivity contribution in [1.82, 2.24) is 9.97 Å². The van der Waals surface area contributed by atoms with Gasteiger partial charge in [0.1, 0.15) is 5.82 Å². The first-order chi connectivity index (χ1) is 10.4. The highest BCUT2D eigenvalue weighted by Crippen LogP contribution is 2.51. The number of aromatic amines is 1. The summed E-state index contributed by atoms with van der Waals surface area (Å²) in [6.07, 6.45) is 7.98. The number of aliphatic hydroxyl groups is 1. The van der Waals surface area contributed by atoms with E-state index in [1.807, 2.05) is 24.3 Å². The van der Waals surface area contributed by atoms with Gasteiger partial charge in [0, 0.05) is 23.8 Å². The average molecular weight is 317 g/mol. The van der Waals surface area contributed by atoms with Crippen LogP contribution in [0.15, 0.2) is 42.2 Å². The lowest BCUT2D eigenvalue weighted by Gasteiger charge is -2.37. The molecule has 3 nitrogen and oxygen atoms in total. The Morgan fingerprint density at radius 3 is 2.68 bits per heavy atom. The quantitative estimate of drug-likeness (QED) is 0.889. The smallest absolute Gasteiger partial charge is 0.109 e. The van der Waals surface area contributed by atoms with Crippen LogP contribution in [0.2, 0.25) is 5.02 Å². The van der Waals surface area contributed by atoms with E-state index in [0.29, 0.717) is 6.42 Å². The second kappa shape index (κ2) is 5.56. The van der Waals surface area contributed by atoms with Crippen LogP contribution in [-0.2, 0) is 6.42 Å². The van der Waals surface area contributed by atoms with Gasteiger partial charge < -0.3 is 10.1 Å². The summed E-state index contributed by atoms with van der Waals surface area (Å²) >= 11 is 5.94. The van der Waals surface area contributed by atoms with Gasteiger partial charge in [0.05, 0.1) is 5.60 Å². The third kappa shape index (κ3) is 2.71. The van der Waals surface area contributed by atoms with Gasteiger partial charge in [-0.2, -0.15) is 0 Å². The molecule has 1 aliphatic carbocycles. The van der Waals surface area contributed by atoms with Crippen molar-refractivity contribution >= 4 is 17.7 Å². The summed E-state index contributed by atoms with van der Waals surface area (Å²) in [6.45, 7) is 4.25. The average Bonchev–Trinajstić information content (AvgIpc) is 3.04. The first-order valence-corrected chi connectivity index (χ1v) is 7.96. The van der Waals surface area contributed by atoms with E-state index in [4.69, 9.17) is 11.6 Å². The number of hydrogen-bond donors (Lipinski definition) is 2. The minimum atomic E-state index is -0.884. The molecule has 1 aliphatic rings. The molecule has 1 saturated carbocycles. The molecule has 0 amide bonds. The standard InChI is InChI=1S/C18H21ClN2O/c1-17(2)8-7-14(11-13-3-5-15(19)6-4-13)18(17,22)12-16-20-9-10-21-16/h3-6,9-11,22H,7-8,12H2,1-2H3,(H,20,21)/b14-11-. The molecule has 0 bridgehead atoms. The molecule has 0 aliphatic heterocycles. The summed E-state index contributed by atoms with van der Waals surface area (Å²) < 4.78 is 0. The Hall–Kier alpha value is -1.58. The van der Waals surface area contributed by atoms with Crippen molar-refractivity contribution in [3.05, 3.63) is 58.6 Å². The van der Waals surface area contributed by atoms with Crippen molar-refractivity contribution in [3.63, 3.8) is 0 Å². The van der Waals surface area contributed by atoms with Crippen LogP contribution in [0.25, 0.3) is 6.08 Å². The van der Waals surface area contributed by atoms with Crippen molar-refractivity contribution in [2.75, 3.05) is 0 Å². The summed E-state index contributed by atoms with van der Waals surface area (Å²) in [6, 6.07) is 7.71. The molecule has 0 radical (unpaired) electrons. The van der Waals surface area contributed by atoms with E-state index in [1.54, 1.807) is 12.4 Å². The molecule has 2 aromatic rings. The van der Waals surface area contributed by atoms with Gasteiger partial charge in [-0.3, -0.25) is 0 Å². The van der Waals surface area contributed by atoms with E-state index in [9.17, 15) is 5.11 Å². The van der Waals surface area contributed by atoms with Gasteiger partial charge in [-0.25, -0.2) is 4.98 Å². The van der Waals surface area contributed by atoms with Gasteiger partial charge in [-0.05, 0) is 41.5 Å². The van der Waals surface area contributed by atoms with Crippen molar-refractivity contribution in [3.8, 4) is 0 Å². The Morgan fingerprint density at radius 2 is 2.05 bits per heavy atom. The first kappa shape index (κ1) is 15.3. The van der Waals surface area contributed by atoms with Gasteiger partial charge >= 0.3 is 0 Å².